The van der Waals surface area contributed by atoms with Crippen LogP contribution in [-0.4, -0.2) is 44.8 Å². The molecule has 1 aliphatic carbocycles. The Kier molecular flexibility index (Phi) is 6.65. The first-order chi connectivity index (χ1) is 14.6. The highest BCUT2D eigenvalue weighted by Crippen LogP contribution is 2.36. The maximum atomic E-state index is 12.6. The van der Waals surface area contributed by atoms with Crippen LogP contribution in [0.1, 0.15) is 45.6 Å². The van der Waals surface area contributed by atoms with E-state index in [1.54, 1.807) is 6.92 Å². The molecule has 31 heavy (non-hydrogen) atoms. The van der Waals surface area contributed by atoms with Gasteiger partial charge in [-0.05, 0) is 36.9 Å². The van der Waals surface area contributed by atoms with Crippen molar-refractivity contribution in [2.75, 3.05) is 6.54 Å². The Hall–Kier alpha value is -2.93. The summed E-state index contributed by atoms with van der Waals surface area (Å²) < 4.78 is 2.09. The molecule has 0 fully saturated rings. The summed E-state index contributed by atoms with van der Waals surface area (Å²) in [6, 6.07) is 6.80. The van der Waals surface area contributed by atoms with E-state index in [1.807, 2.05) is 44.3 Å². The van der Waals surface area contributed by atoms with Crippen LogP contribution in [0.15, 0.2) is 46.8 Å². The van der Waals surface area contributed by atoms with E-state index in [1.165, 1.54) is 0 Å². The number of hydrogen-bond donors (Lipinski definition) is 3. The van der Waals surface area contributed by atoms with Crippen molar-refractivity contribution in [1.29, 1.82) is 0 Å². The van der Waals surface area contributed by atoms with Crippen molar-refractivity contribution in [2.24, 2.45) is 16.1 Å². The largest absolute Gasteiger partial charge is 0.511 e. The molecule has 7 nitrogen and oxygen atoms in total. The molecule has 2 aromatic rings. The number of rotatable bonds is 8. The molecule has 1 atom stereocenters. The fourth-order valence-corrected chi connectivity index (χ4v) is 4.33. The van der Waals surface area contributed by atoms with Gasteiger partial charge >= 0.3 is 5.97 Å². The van der Waals surface area contributed by atoms with Crippen molar-refractivity contribution < 1.29 is 19.8 Å². The van der Waals surface area contributed by atoms with Gasteiger partial charge in [-0.2, -0.15) is 0 Å². The van der Waals surface area contributed by atoms with Crippen LogP contribution < -0.4 is 5.73 Å². The Bertz CT molecular complexity index is 1060. The van der Waals surface area contributed by atoms with Gasteiger partial charge in [0.05, 0.1) is 5.57 Å². The lowest BCUT2D eigenvalue weighted by atomic mass is 9.75. The van der Waals surface area contributed by atoms with Gasteiger partial charge in [0.1, 0.15) is 5.76 Å². The number of carboxylic acids is 1. The van der Waals surface area contributed by atoms with E-state index in [2.05, 4.69) is 9.56 Å². The maximum Gasteiger partial charge on any atom is 0.328 e. The fraction of sp³-hybridized carbons (Fsp3) is 0.458. The molecule has 3 rings (SSSR count). The molecule has 0 amide bonds. The highest BCUT2D eigenvalue weighted by Gasteiger charge is 2.34. The zero-order valence-electron chi connectivity index (χ0n) is 18.4. The van der Waals surface area contributed by atoms with Crippen LogP contribution in [0.4, 0.5) is 0 Å². The van der Waals surface area contributed by atoms with E-state index in [0.29, 0.717) is 19.4 Å². The number of carboxylic acid groups (broad SMARTS) is 1. The predicted molar refractivity (Wildman–Crippen MR) is 122 cm³/mol. The minimum atomic E-state index is -1.07. The van der Waals surface area contributed by atoms with Crippen LogP contribution in [0.3, 0.4) is 0 Å². The topological polar surface area (TPSA) is 118 Å². The number of aromatic nitrogens is 1. The number of carbonyl (C=O) groups excluding carboxylic acids is 1. The quantitative estimate of drug-likeness (QED) is 0.558. The van der Waals surface area contributed by atoms with Gasteiger partial charge in [0.15, 0.2) is 11.8 Å². The van der Waals surface area contributed by atoms with E-state index < -0.39 is 12.0 Å². The molecule has 7 heteroatoms. The number of carbonyl (C=O) groups is 2. The number of aliphatic hydroxyl groups excluding tert-OH is 1. The minimum Gasteiger partial charge on any atom is -0.511 e. The van der Waals surface area contributed by atoms with Crippen LogP contribution >= 0.6 is 0 Å². The lowest BCUT2D eigenvalue weighted by Crippen LogP contribution is -2.30. The highest BCUT2D eigenvalue weighted by atomic mass is 16.4. The number of nitrogens with two attached hydrogens (primary N) is 1. The molecule has 0 aliphatic heterocycles. The zero-order valence-corrected chi connectivity index (χ0v) is 18.4. The summed E-state index contributed by atoms with van der Waals surface area (Å²) in [4.78, 5) is 29.0. The first-order valence-electron chi connectivity index (χ1n) is 10.6. The number of aliphatic hydroxyl groups is 1. The molecular weight excluding hydrogens is 394 g/mol. The van der Waals surface area contributed by atoms with Gasteiger partial charge in [0.2, 0.25) is 0 Å². The predicted octanol–water partition coefficient (Wildman–Crippen LogP) is 3.65. The summed E-state index contributed by atoms with van der Waals surface area (Å²) in [6.07, 6.45) is 3.64. The summed E-state index contributed by atoms with van der Waals surface area (Å²) in [5.41, 5.74) is 7.68. The number of aliphatic carboxylic acids is 1. The van der Waals surface area contributed by atoms with Crippen molar-refractivity contribution in [3.63, 3.8) is 0 Å². The van der Waals surface area contributed by atoms with Crippen molar-refractivity contribution in [3.8, 4) is 0 Å². The summed E-state index contributed by atoms with van der Waals surface area (Å²) in [5, 5.41) is 21.2. The van der Waals surface area contributed by atoms with Gasteiger partial charge in [-0.15, -0.1) is 0 Å². The van der Waals surface area contributed by atoms with Crippen molar-refractivity contribution in [2.45, 2.75) is 59.0 Å². The smallest absolute Gasteiger partial charge is 0.328 e. The van der Waals surface area contributed by atoms with E-state index in [9.17, 15) is 19.8 Å². The van der Waals surface area contributed by atoms with Gasteiger partial charge in [-0.25, -0.2) is 4.79 Å². The summed E-state index contributed by atoms with van der Waals surface area (Å²) in [7, 11) is 0. The fourth-order valence-electron chi connectivity index (χ4n) is 4.33. The van der Waals surface area contributed by atoms with E-state index in [-0.39, 0.29) is 34.7 Å². The molecule has 0 radical (unpaired) electrons. The van der Waals surface area contributed by atoms with E-state index in [4.69, 9.17) is 5.73 Å². The number of hydrogen-bond acceptors (Lipinski definition) is 5. The molecule has 0 bridgehead atoms. The lowest BCUT2D eigenvalue weighted by molar-refractivity contribution is -0.138. The SMILES string of the molecule is CC(=NC(Cc1cn(CCCN)c2ccccc12)C(=O)O)C1=C(O)CC(C)(C)CC1=O. The molecule has 4 N–H and O–H groups in total. The van der Waals surface area contributed by atoms with Crippen molar-refractivity contribution in [1.82, 2.24) is 4.57 Å². The number of Topliss-reactive ketones (excluding diaryl/α,β-unsaturated/α-hetero) is 1. The second-order valence-electron chi connectivity index (χ2n) is 9.04. The molecule has 1 aromatic heterocycles. The number of ketones is 1. The van der Waals surface area contributed by atoms with Crippen LogP contribution in [-0.2, 0) is 22.6 Å². The summed E-state index contributed by atoms with van der Waals surface area (Å²) in [6.45, 7) is 6.77. The number of nitrogens with zero attached hydrogens (tertiary/aromatic N) is 2. The number of aliphatic imine (C=N–C) groups is 1. The number of para-hydroxylation sites is 1. The summed E-state index contributed by atoms with van der Waals surface area (Å²) >= 11 is 0. The molecule has 1 unspecified atom stereocenters. The molecule has 1 aromatic carbocycles. The number of benzene rings is 1. The normalized spacial score (nSPS) is 17.9. The Labute approximate surface area is 182 Å². The van der Waals surface area contributed by atoms with Crippen LogP contribution in [0.5, 0.6) is 0 Å². The van der Waals surface area contributed by atoms with Gasteiger partial charge in [0.25, 0.3) is 0 Å². The Morgan fingerprint density at radius 3 is 2.65 bits per heavy atom. The highest BCUT2D eigenvalue weighted by molar-refractivity contribution is 6.22. The van der Waals surface area contributed by atoms with Crippen molar-refractivity contribution >= 4 is 28.4 Å². The molecular formula is C24H31N3O4. The van der Waals surface area contributed by atoms with Gasteiger partial charge in [-0.3, -0.25) is 9.79 Å². The van der Waals surface area contributed by atoms with E-state index in [0.717, 1.165) is 29.4 Å². The number of fused-ring (bicyclic) bond motifs is 1. The number of allylic oxidation sites excluding steroid dienone is 2. The molecule has 1 heterocycles. The van der Waals surface area contributed by atoms with Crippen LogP contribution in [0.2, 0.25) is 0 Å². The van der Waals surface area contributed by atoms with E-state index >= 15 is 0 Å². The lowest BCUT2D eigenvalue weighted by Gasteiger charge is -2.29. The zero-order chi connectivity index (χ0) is 22.8. The third-order valence-corrected chi connectivity index (χ3v) is 5.74. The average molecular weight is 426 g/mol. The number of aryl methyl sites for hydroxylation is 1. The third kappa shape index (κ3) is 5.05. The Balaban J connectivity index is 1.94. The average Bonchev–Trinajstić information content (AvgIpc) is 3.02. The van der Waals surface area contributed by atoms with Gasteiger partial charge < -0.3 is 20.5 Å². The monoisotopic (exact) mass is 425 g/mol. The first kappa shape index (κ1) is 22.7. The second kappa shape index (κ2) is 9.06. The Morgan fingerprint density at radius 2 is 2.00 bits per heavy atom. The molecule has 0 spiro atoms. The minimum absolute atomic E-state index is 0.00924. The Morgan fingerprint density at radius 1 is 1.29 bits per heavy atom. The molecule has 166 valence electrons. The van der Waals surface area contributed by atoms with Crippen LogP contribution in [0.25, 0.3) is 10.9 Å². The van der Waals surface area contributed by atoms with Gasteiger partial charge in [-0.1, -0.05) is 32.0 Å². The van der Waals surface area contributed by atoms with Crippen LogP contribution in [0, 0.1) is 5.41 Å². The van der Waals surface area contributed by atoms with Crippen molar-refractivity contribution in [3.05, 3.63) is 47.4 Å². The van der Waals surface area contributed by atoms with Gasteiger partial charge in [0, 0.05) is 48.6 Å². The standard InChI is InChI=1S/C24H31N3O4/c1-15(22-20(28)12-24(2,3)13-21(22)29)26-18(23(30)31)11-16-14-27(10-6-9-25)19-8-5-4-7-17(16)19/h4-5,7-8,14,18,28H,6,9-13,25H2,1-3H3,(H,30,31). The third-order valence-electron chi connectivity index (χ3n) is 5.74. The maximum absolute atomic E-state index is 12.6. The first-order valence-corrected chi connectivity index (χ1v) is 10.6. The second-order valence-corrected chi connectivity index (χ2v) is 9.04. The molecule has 0 saturated carbocycles. The molecule has 1 aliphatic rings. The summed E-state index contributed by atoms with van der Waals surface area (Å²) in [5.74, 6) is -1.27. The molecule has 0 saturated heterocycles.